The number of hydrogen-bond donors (Lipinski definition) is 3. The lowest BCUT2D eigenvalue weighted by molar-refractivity contribution is -0.134. The van der Waals surface area contributed by atoms with Crippen molar-refractivity contribution in [2.75, 3.05) is 32.1 Å². The third-order valence-electron chi connectivity index (χ3n) is 5.52. The number of rotatable bonds is 6. The third kappa shape index (κ3) is 5.59. The van der Waals surface area contributed by atoms with Gasteiger partial charge in [-0.15, -0.1) is 0 Å². The Labute approximate surface area is 182 Å². The predicted molar refractivity (Wildman–Crippen MR) is 118 cm³/mol. The molecule has 0 bridgehead atoms. The number of anilines is 1. The molecular weight excluding hydrogens is 396 g/mol. The van der Waals surface area contributed by atoms with E-state index in [2.05, 4.69) is 15.6 Å². The Bertz CT molecular complexity index is 906. The SMILES string of the molecule is CNC[C@H]1Oc2ccc(NC(=O)c3ccncc3)cc2CC(=O)N([C@H](C)CO)C[C@H]1C. The lowest BCUT2D eigenvalue weighted by Gasteiger charge is -2.32. The Morgan fingerprint density at radius 3 is 2.74 bits per heavy atom. The van der Waals surface area contributed by atoms with Gasteiger partial charge in [0.25, 0.3) is 5.91 Å². The minimum atomic E-state index is -0.290. The summed E-state index contributed by atoms with van der Waals surface area (Å²) in [6.45, 7) is 4.89. The van der Waals surface area contributed by atoms with Gasteiger partial charge in [-0.3, -0.25) is 14.6 Å². The zero-order valence-corrected chi connectivity index (χ0v) is 18.2. The molecule has 0 aliphatic carbocycles. The van der Waals surface area contributed by atoms with Gasteiger partial charge in [-0.25, -0.2) is 0 Å². The average molecular weight is 427 g/mol. The fourth-order valence-electron chi connectivity index (χ4n) is 3.66. The Balaban J connectivity index is 1.91. The van der Waals surface area contributed by atoms with E-state index in [0.29, 0.717) is 35.7 Å². The van der Waals surface area contributed by atoms with Crippen molar-refractivity contribution in [3.05, 3.63) is 53.9 Å². The van der Waals surface area contributed by atoms with Gasteiger partial charge in [0.05, 0.1) is 19.1 Å². The first kappa shape index (κ1) is 22.7. The highest BCUT2D eigenvalue weighted by molar-refractivity contribution is 6.04. The van der Waals surface area contributed by atoms with Gasteiger partial charge in [0, 0.05) is 48.2 Å². The normalized spacial score (nSPS) is 20.0. The highest BCUT2D eigenvalue weighted by Gasteiger charge is 2.30. The fourth-order valence-corrected chi connectivity index (χ4v) is 3.66. The number of amides is 2. The molecule has 31 heavy (non-hydrogen) atoms. The summed E-state index contributed by atoms with van der Waals surface area (Å²) < 4.78 is 6.30. The second kappa shape index (κ2) is 10.4. The lowest BCUT2D eigenvalue weighted by atomic mass is 10.0. The minimum Gasteiger partial charge on any atom is -0.488 e. The smallest absolute Gasteiger partial charge is 0.255 e. The van der Waals surface area contributed by atoms with Crippen molar-refractivity contribution in [2.24, 2.45) is 5.92 Å². The van der Waals surface area contributed by atoms with Crippen LogP contribution >= 0.6 is 0 Å². The van der Waals surface area contributed by atoms with Gasteiger partial charge in [0.2, 0.25) is 5.91 Å². The molecule has 166 valence electrons. The second-order valence-corrected chi connectivity index (χ2v) is 7.96. The third-order valence-corrected chi connectivity index (χ3v) is 5.52. The molecular formula is C23H30N4O4. The summed E-state index contributed by atoms with van der Waals surface area (Å²) in [5, 5.41) is 15.7. The summed E-state index contributed by atoms with van der Waals surface area (Å²) in [6.07, 6.45) is 3.09. The molecule has 0 saturated carbocycles. The van der Waals surface area contributed by atoms with Crippen LogP contribution in [-0.4, -0.2) is 65.7 Å². The summed E-state index contributed by atoms with van der Waals surface area (Å²) in [6, 6.07) is 8.33. The first-order chi connectivity index (χ1) is 14.9. The summed E-state index contributed by atoms with van der Waals surface area (Å²) >= 11 is 0. The van der Waals surface area contributed by atoms with Crippen molar-refractivity contribution in [1.29, 1.82) is 0 Å². The second-order valence-electron chi connectivity index (χ2n) is 7.96. The van der Waals surface area contributed by atoms with E-state index in [1.807, 2.05) is 20.9 Å². The van der Waals surface area contributed by atoms with Gasteiger partial charge in [-0.1, -0.05) is 6.92 Å². The number of ether oxygens (including phenoxy) is 1. The standard InChI is InChI=1S/C23H30N4O4/c1-15-13-27(16(2)14-28)22(29)11-18-10-19(4-5-20(18)31-21(15)12-24-3)26-23(30)17-6-8-25-9-7-17/h4-10,15-16,21,24,28H,11-14H2,1-3H3,(H,26,30)/t15-,16-,21-/m1/s1. The van der Waals surface area contributed by atoms with E-state index in [1.54, 1.807) is 47.6 Å². The Morgan fingerprint density at radius 1 is 1.32 bits per heavy atom. The van der Waals surface area contributed by atoms with Crippen molar-refractivity contribution in [3.8, 4) is 5.75 Å². The number of fused-ring (bicyclic) bond motifs is 1. The molecule has 1 aromatic carbocycles. The molecule has 0 radical (unpaired) electrons. The molecule has 1 aliphatic heterocycles. The van der Waals surface area contributed by atoms with E-state index in [0.717, 1.165) is 0 Å². The number of benzene rings is 1. The first-order valence-electron chi connectivity index (χ1n) is 10.5. The summed E-state index contributed by atoms with van der Waals surface area (Å²) in [4.78, 5) is 31.2. The van der Waals surface area contributed by atoms with Crippen LogP contribution in [0.15, 0.2) is 42.7 Å². The number of pyridine rings is 1. The van der Waals surface area contributed by atoms with E-state index in [9.17, 15) is 14.7 Å². The van der Waals surface area contributed by atoms with Crippen molar-refractivity contribution in [2.45, 2.75) is 32.4 Å². The zero-order chi connectivity index (χ0) is 22.4. The lowest BCUT2D eigenvalue weighted by Crippen LogP contribution is -2.47. The van der Waals surface area contributed by atoms with Crippen LogP contribution in [-0.2, 0) is 11.2 Å². The number of likely N-dealkylation sites (N-methyl/N-ethyl adjacent to an activating group) is 1. The molecule has 2 heterocycles. The number of nitrogens with zero attached hydrogens (tertiary/aromatic N) is 2. The van der Waals surface area contributed by atoms with Gasteiger partial charge in [0.15, 0.2) is 0 Å². The van der Waals surface area contributed by atoms with Crippen molar-refractivity contribution < 1.29 is 19.4 Å². The topological polar surface area (TPSA) is 104 Å². The number of hydrogen-bond acceptors (Lipinski definition) is 6. The van der Waals surface area contributed by atoms with Crippen LogP contribution in [0, 0.1) is 5.92 Å². The summed E-state index contributed by atoms with van der Waals surface area (Å²) in [5.41, 5.74) is 1.77. The molecule has 3 atom stereocenters. The van der Waals surface area contributed by atoms with Crippen LogP contribution in [0.3, 0.4) is 0 Å². The van der Waals surface area contributed by atoms with E-state index < -0.39 is 0 Å². The average Bonchev–Trinajstić information content (AvgIpc) is 2.82. The van der Waals surface area contributed by atoms with Gasteiger partial charge in [-0.2, -0.15) is 0 Å². The maximum Gasteiger partial charge on any atom is 0.255 e. The largest absolute Gasteiger partial charge is 0.488 e. The highest BCUT2D eigenvalue weighted by atomic mass is 16.5. The molecule has 3 rings (SSSR count). The molecule has 2 amide bonds. The Morgan fingerprint density at radius 2 is 2.06 bits per heavy atom. The molecule has 1 aliphatic rings. The van der Waals surface area contributed by atoms with Crippen molar-refractivity contribution in [3.63, 3.8) is 0 Å². The molecule has 0 unspecified atom stereocenters. The van der Waals surface area contributed by atoms with Gasteiger partial charge >= 0.3 is 0 Å². The Kier molecular flexibility index (Phi) is 7.59. The van der Waals surface area contributed by atoms with Gasteiger partial charge < -0.3 is 25.4 Å². The maximum atomic E-state index is 13.1. The summed E-state index contributed by atoms with van der Waals surface area (Å²) in [7, 11) is 1.86. The number of nitrogens with one attached hydrogen (secondary N) is 2. The van der Waals surface area contributed by atoms with Crippen molar-refractivity contribution >= 4 is 17.5 Å². The summed E-state index contributed by atoms with van der Waals surface area (Å²) in [5.74, 6) is 0.346. The van der Waals surface area contributed by atoms with Crippen molar-refractivity contribution in [1.82, 2.24) is 15.2 Å². The predicted octanol–water partition coefficient (Wildman–Crippen LogP) is 1.70. The van der Waals surface area contributed by atoms with E-state index in [1.165, 1.54) is 0 Å². The zero-order valence-electron chi connectivity index (χ0n) is 18.2. The molecule has 0 saturated heterocycles. The van der Waals surface area contributed by atoms with E-state index >= 15 is 0 Å². The molecule has 0 spiro atoms. The van der Waals surface area contributed by atoms with Gasteiger partial charge in [0.1, 0.15) is 11.9 Å². The van der Waals surface area contributed by atoms with E-state index in [4.69, 9.17) is 4.74 Å². The van der Waals surface area contributed by atoms with Crippen LogP contribution in [0.5, 0.6) is 5.75 Å². The quantitative estimate of drug-likeness (QED) is 0.650. The number of aliphatic hydroxyl groups is 1. The van der Waals surface area contributed by atoms with Crippen LogP contribution < -0.4 is 15.4 Å². The first-order valence-corrected chi connectivity index (χ1v) is 10.5. The molecule has 3 N–H and O–H groups in total. The highest BCUT2D eigenvalue weighted by Crippen LogP contribution is 2.29. The molecule has 2 aromatic rings. The molecule has 8 heteroatoms. The minimum absolute atomic E-state index is 0.0578. The van der Waals surface area contributed by atoms with Crippen LogP contribution in [0.1, 0.15) is 29.8 Å². The number of carbonyl (C=O) groups excluding carboxylic acids is 2. The number of aromatic nitrogens is 1. The molecule has 1 aromatic heterocycles. The van der Waals surface area contributed by atoms with Gasteiger partial charge in [-0.05, 0) is 44.3 Å². The Hall–Kier alpha value is -2.97. The fraction of sp³-hybridized carbons (Fsp3) is 0.435. The van der Waals surface area contributed by atoms with Crippen LogP contribution in [0.4, 0.5) is 5.69 Å². The molecule has 8 nitrogen and oxygen atoms in total. The maximum absolute atomic E-state index is 13.1. The molecule has 0 fully saturated rings. The number of aliphatic hydroxyl groups excluding tert-OH is 1. The monoisotopic (exact) mass is 426 g/mol. The number of carbonyl (C=O) groups is 2. The van der Waals surface area contributed by atoms with Crippen LogP contribution in [0.25, 0.3) is 0 Å². The van der Waals surface area contributed by atoms with Crippen LogP contribution in [0.2, 0.25) is 0 Å². The van der Waals surface area contributed by atoms with E-state index in [-0.39, 0.29) is 42.9 Å².